The molecule has 1 aliphatic rings. The van der Waals surface area contributed by atoms with E-state index in [4.69, 9.17) is 21.1 Å². The highest BCUT2D eigenvalue weighted by Crippen LogP contribution is 2.25. The van der Waals surface area contributed by atoms with Gasteiger partial charge in [-0.05, 0) is 31.7 Å². The van der Waals surface area contributed by atoms with Gasteiger partial charge in [-0.15, -0.1) is 11.6 Å². The molecule has 1 saturated heterocycles. The lowest BCUT2D eigenvalue weighted by Crippen LogP contribution is -2.26. The van der Waals surface area contributed by atoms with E-state index in [-0.39, 0.29) is 6.10 Å². The summed E-state index contributed by atoms with van der Waals surface area (Å²) < 4.78 is 11.5. The number of alkyl halides is 1. The fourth-order valence-electron chi connectivity index (χ4n) is 2.14. The van der Waals surface area contributed by atoms with Crippen LogP contribution >= 0.6 is 11.6 Å². The largest absolute Gasteiger partial charge is 0.490 e. The predicted octanol–water partition coefficient (Wildman–Crippen LogP) is 3.68. The summed E-state index contributed by atoms with van der Waals surface area (Å²) in [7, 11) is 0. The number of ether oxygens (including phenoxy) is 2. The standard InChI is InChI=1S/C14H19ClO2/c1-11-5-4-6-12(9-15)14(11)17-10-13-7-2-3-8-16-13/h4-6,13H,2-3,7-10H2,1H3. The second-order valence-corrected chi connectivity index (χ2v) is 4.76. The summed E-state index contributed by atoms with van der Waals surface area (Å²) >= 11 is 5.91. The van der Waals surface area contributed by atoms with Crippen LogP contribution in [0.3, 0.4) is 0 Å². The average molecular weight is 255 g/mol. The molecule has 0 bridgehead atoms. The molecule has 1 fully saturated rings. The van der Waals surface area contributed by atoms with Crippen molar-refractivity contribution in [3.05, 3.63) is 29.3 Å². The Balaban J connectivity index is 1.97. The molecule has 1 heterocycles. The number of para-hydroxylation sites is 1. The van der Waals surface area contributed by atoms with E-state index in [0.29, 0.717) is 12.5 Å². The molecule has 0 amide bonds. The molecule has 94 valence electrons. The molecule has 0 aliphatic carbocycles. The van der Waals surface area contributed by atoms with Gasteiger partial charge in [0.05, 0.1) is 12.0 Å². The van der Waals surface area contributed by atoms with Crippen molar-refractivity contribution in [3.63, 3.8) is 0 Å². The van der Waals surface area contributed by atoms with E-state index >= 15 is 0 Å². The lowest BCUT2D eigenvalue weighted by Gasteiger charge is -2.23. The van der Waals surface area contributed by atoms with Gasteiger partial charge in [-0.1, -0.05) is 18.2 Å². The monoisotopic (exact) mass is 254 g/mol. The van der Waals surface area contributed by atoms with Gasteiger partial charge in [-0.2, -0.15) is 0 Å². The molecule has 1 atom stereocenters. The van der Waals surface area contributed by atoms with Gasteiger partial charge in [-0.3, -0.25) is 0 Å². The molecule has 3 heteroatoms. The first-order chi connectivity index (χ1) is 8.31. The molecular weight excluding hydrogens is 236 g/mol. The quantitative estimate of drug-likeness (QED) is 0.763. The number of halogens is 1. The van der Waals surface area contributed by atoms with Gasteiger partial charge < -0.3 is 9.47 Å². The van der Waals surface area contributed by atoms with Crippen molar-refractivity contribution in [2.75, 3.05) is 13.2 Å². The van der Waals surface area contributed by atoms with Crippen molar-refractivity contribution in [2.24, 2.45) is 0 Å². The number of aryl methyl sites for hydroxylation is 1. The molecule has 0 saturated carbocycles. The maximum absolute atomic E-state index is 5.91. The van der Waals surface area contributed by atoms with E-state index in [0.717, 1.165) is 29.9 Å². The summed E-state index contributed by atoms with van der Waals surface area (Å²) in [4.78, 5) is 0. The highest BCUT2D eigenvalue weighted by Gasteiger charge is 2.15. The van der Waals surface area contributed by atoms with Gasteiger partial charge in [0.2, 0.25) is 0 Å². The molecule has 1 aromatic rings. The van der Waals surface area contributed by atoms with Gasteiger partial charge in [-0.25, -0.2) is 0 Å². The number of hydrogen-bond acceptors (Lipinski definition) is 2. The number of rotatable bonds is 4. The van der Waals surface area contributed by atoms with Crippen LogP contribution in [0.2, 0.25) is 0 Å². The summed E-state index contributed by atoms with van der Waals surface area (Å²) in [5.41, 5.74) is 2.20. The van der Waals surface area contributed by atoms with Crippen LogP contribution in [-0.2, 0) is 10.6 Å². The van der Waals surface area contributed by atoms with Crippen LogP contribution in [0.25, 0.3) is 0 Å². The second kappa shape index (κ2) is 6.27. The summed E-state index contributed by atoms with van der Waals surface area (Å²) in [6.45, 7) is 3.55. The molecule has 1 aliphatic heterocycles. The van der Waals surface area contributed by atoms with E-state index in [2.05, 4.69) is 0 Å². The van der Waals surface area contributed by atoms with Gasteiger partial charge in [0.25, 0.3) is 0 Å². The fraction of sp³-hybridized carbons (Fsp3) is 0.571. The van der Waals surface area contributed by atoms with E-state index in [1.807, 2.05) is 25.1 Å². The Bertz CT molecular complexity index is 359. The van der Waals surface area contributed by atoms with Crippen molar-refractivity contribution in [3.8, 4) is 5.75 Å². The highest BCUT2D eigenvalue weighted by atomic mass is 35.5. The molecular formula is C14H19ClO2. The summed E-state index contributed by atoms with van der Waals surface area (Å²) in [5, 5.41) is 0. The minimum absolute atomic E-state index is 0.242. The first kappa shape index (κ1) is 12.7. The molecule has 0 spiro atoms. The third kappa shape index (κ3) is 3.36. The van der Waals surface area contributed by atoms with Crippen LogP contribution in [0.15, 0.2) is 18.2 Å². The van der Waals surface area contributed by atoms with Crippen LogP contribution in [-0.4, -0.2) is 19.3 Å². The Morgan fingerprint density at radius 1 is 1.41 bits per heavy atom. The molecule has 2 rings (SSSR count). The van der Waals surface area contributed by atoms with Crippen LogP contribution in [0.4, 0.5) is 0 Å². The van der Waals surface area contributed by atoms with Crippen molar-refractivity contribution in [2.45, 2.75) is 38.2 Å². The van der Waals surface area contributed by atoms with Gasteiger partial charge in [0.1, 0.15) is 12.4 Å². The van der Waals surface area contributed by atoms with Crippen molar-refractivity contribution >= 4 is 11.6 Å². The lowest BCUT2D eigenvalue weighted by atomic mass is 10.1. The Kier molecular flexibility index (Phi) is 4.69. The third-order valence-corrected chi connectivity index (χ3v) is 3.41. The van der Waals surface area contributed by atoms with E-state index in [9.17, 15) is 0 Å². The Morgan fingerprint density at radius 2 is 2.29 bits per heavy atom. The van der Waals surface area contributed by atoms with Crippen molar-refractivity contribution < 1.29 is 9.47 Å². The zero-order valence-electron chi connectivity index (χ0n) is 10.2. The van der Waals surface area contributed by atoms with E-state index in [1.54, 1.807) is 0 Å². The van der Waals surface area contributed by atoms with Crippen LogP contribution in [0.1, 0.15) is 30.4 Å². The molecule has 0 radical (unpaired) electrons. The number of benzene rings is 1. The Hall–Kier alpha value is -0.730. The van der Waals surface area contributed by atoms with Crippen LogP contribution in [0.5, 0.6) is 5.75 Å². The van der Waals surface area contributed by atoms with Crippen molar-refractivity contribution in [1.29, 1.82) is 0 Å². The first-order valence-corrected chi connectivity index (χ1v) is 6.73. The van der Waals surface area contributed by atoms with Gasteiger partial charge in [0.15, 0.2) is 0 Å². The minimum atomic E-state index is 0.242. The van der Waals surface area contributed by atoms with Crippen molar-refractivity contribution in [1.82, 2.24) is 0 Å². The Morgan fingerprint density at radius 3 is 3.00 bits per heavy atom. The molecule has 0 aromatic heterocycles. The molecule has 1 unspecified atom stereocenters. The number of hydrogen-bond donors (Lipinski definition) is 0. The maximum atomic E-state index is 5.91. The molecule has 1 aromatic carbocycles. The minimum Gasteiger partial charge on any atom is -0.490 e. The molecule has 0 N–H and O–H groups in total. The van der Waals surface area contributed by atoms with Gasteiger partial charge in [0, 0.05) is 12.2 Å². The molecule has 17 heavy (non-hydrogen) atoms. The fourth-order valence-corrected chi connectivity index (χ4v) is 2.35. The smallest absolute Gasteiger partial charge is 0.126 e. The summed E-state index contributed by atoms with van der Waals surface area (Å²) in [5.74, 6) is 1.42. The first-order valence-electron chi connectivity index (χ1n) is 6.20. The van der Waals surface area contributed by atoms with E-state index in [1.165, 1.54) is 12.8 Å². The molecule has 2 nitrogen and oxygen atoms in total. The topological polar surface area (TPSA) is 18.5 Å². The highest BCUT2D eigenvalue weighted by molar-refractivity contribution is 6.17. The summed E-state index contributed by atoms with van der Waals surface area (Å²) in [6, 6.07) is 6.07. The van der Waals surface area contributed by atoms with Crippen LogP contribution in [0, 0.1) is 6.92 Å². The Labute approximate surface area is 108 Å². The van der Waals surface area contributed by atoms with Gasteiger partial charge >= 0.3 is 0 Å². The van der Waals surface area contributed by atoms with E-state index < -0.39 is 0 Å². The van der Waals surface area contributed by atoms with Crippen LogP contribution < -0.4 is 4.74 Å². The normalized spacial score (nSPS) is 20.2. The second-order valence-electron chi connectivity index (χ2n) is 4.50. The average Bonchev–Trinajstić information content (AvgIpc) is 2.38. The summed E-state index contributed by atoms with van der Waals surface area (Å²) in [6.07, 6.45) is 3.76. The maximum Gasteiger partial charge on any atom is 0.126 e. The predicted molar refractivity (Wildman–Crippen MR) is 69.8 cm³/mol. The zero-order valence-corrected chi connectivity index (χ0v) is 11.0. The third-order valence-electron chi connectivity index (χ3n) is 3.12. The zero-order chi connectivity index (χ0) is 12.1. The SMILES string of the molecule is Cc1cccc(CCl)c1OCC1CCCCO1. The lowest BCUT2D eigenvalue weighted by molar-refractivity contribution is -0.0113.